The largest absolute Gasteiger partial charge is 0.356 e. The van der Waals surface area contributed by atoms with E-state index in [4.69, 9.17) is 0 Å². The Morgan fingerprint density at radius 1 is 1.23 bits per heavy atom. The van der Waals surface area contributed by atoms with Crippen molar-refractivity contribution in [2.24, 2.45) is 4.99 Å². The van der Waals surface area contributed by atoms with Crippen molar-refractivity contribution >= 4 is 17.3 Å². The van der Waals surface area contributed by atoms with Gasteiger partial charge in [-0.3, -0.25) is 9.89 Å². The number of guanidine groups is 1. The van der Waals surface area contributed by atoms with Gasteiger partial charge in [0, 0.05) is 31.1 Å². The molecule has 5 nitrogen and oxygen atoms in total. The van der Waals surface area contributed by atoms with Crippen LogP contribution in [-0.4, -0.2) is 42.5 Å². The van der Waals surface area contributed by atoms with Crippen LogP contribution in [0.25, 0.3) is 0 Å². The second-order valence-electron chi connectivity index (χ2n) is 6.64. The number of thiazole rings is 1. The molecule has 1 aromatic heterocycles. The second-order valence-corrected chi connectivity index (χ2v) is 7.93. The van der Waals surface area contributed by atoms with Crippen LogP contribution in [-0.2, 0) is 13.1 Å². The third-order valence-corrected chi connectivity index (χ3v) is 5.66. The zero-order chi connectivity index (χ0) is 18.9. The van der Waals surface area contributed by atoms with Crippen molar-refractivity contribution in [3.05, 3.63) is 51.5 Å². The average Bonchev–Trinajstić information content (AvgIpc) is 2.96. The van der Waals surface area contributed by atoms with Gasteiger partial charge in [0.05, 0.1) is 12.2 Å². The summed E-state index contributed by atoms with van der Waals surface area (Å²) >= 11 is 1.74. The van der Waals surface area contributed by atoms with E-state index < -0.39 is 0 Å². The smallest absolute Gasteiger partial charge is 0.191 e. The molecule has 0 aliphatic carbocycles. The van der Waals surface area contributed by atoms with Crippen molar-refractivity contribution in [2.45, 2.75) is 46.3 Å². The molecule has 1 heterocycles. The molecule has 0 saturated carbocycles. The lowest BCUT2D eigenvalue weighted by Crippen LogP contribution is -2.39. The monoisotopic (exact) mass is 373 g/mol. The Bertz CT molecular complexity index is 676. The molecule has 142 valence electrons. The number of rotatable bonds is 8. The van der Waals surface area contributed by atoms with E-state index >= 15 is 0 Å². The van der Waals surface area contributed by atoms with E-state index in [1.165, 1.54) is 10.4 Å². The molecule has 0 aliphatic heterocycles. The number of nitrogens with zero attached hydrogens (tertiary/aromatic N) is 3. The molecule has 2 rings (SSSR count). The summed E-state index contributed by atoms with van der Waals surface area (Å²) < 4.78 is 0. The van der Waals surface area contributed by atoms with Crippen molar-refractivity contribution in [3.8, 4) is 0 Å². The minimum atomic E-state index is 0.491. The number of benzene rings is 1. The van der Waals surface area contributed by atoms with Crippen LogP contribution in [0.3, 0.4) is 0 Å². The first-order valence-corrected chi connectivity index (χ1v) is 9.92. The summed E-state index contributed by atoms with van der Waals surface area (Å²) in [5.74, 6) is 0.827. The normalized spacial score (nSPS) is 13.1. The van der Waals surface area contributed by atoms with Crippen LogP contribution in [0.5, 0.6) is 0 Å². The van der Waals surface area contributed by atoms with Gasteiger partial charge < -0.3 is 10.6 Å². The highest BCUT2D eigenvalue weighted by Gasteiger charge is 2.10. The summed E-state index contributed by atoms with van der Waals surface area (Å²) in [7, 11) is 3.98. The predicted octanol–water partition coefficient (Wildman–Crippen LogP) is 3.34. The second kappa shape index (κ2) is 10.3. The van der Waals surface area contributed by atoms with Crippen molar-refractivity contribution in [1.82, 2.24) is 20.5 Å². The molecule has 0 amide bonds. The molecule has 0 fully saturated rings. The van der Waals surface area contributed by atoms with Gasteiger partial charge in [-0.15, -0.1) is 11.3 Å². The van der Waals surface area contributed by atoms with E-state index in [9.17, 15) is 0 Å². The molecule has 0 radical (unpaired) electrons. The van der Waals surface area contributed by atoms with Gasteiger partial charge in [-0.2, -0.15) is 0 Å². The molecule has 0 aliphatic rings. The molecular formula is C20H31N5S. The number of nitrogens with one attached hydrogen (secondary N) is 2. The fraction of sp³-hybridized carbons (Fsp3) is 0.500. The molecule has 0 saturated heterocycles. The van der Waals surface area contributed by atoms with Gasteiger partial charge in [0.1, 0.15) is 5.01 Å². The average molecular weight is 374 g/mol. The third-order valence-electron chi connectivity index (χ3n) is 4.59. The summed E-state index contributed by atoms with van der Waals surface area (Å²) in [6, 6.07) is 11.1. The van der Waals surface area contributed by atoms with Crippen molar-refractivity contribution in [1.29, 1.82) is 0 Å². The number of aliphatic imine (C=N–C) groups is 1. The summed E-state index contributed by atoms with van der Waals surface area (Å²) in [4.78, 5) is 12.5. The highest BCUT2D eigenvalue weighted by Crippen LogP contribution is 2.15. The molecule has 1 unspecified atom stereocenters. The maximum Gasteiger partial charge on any atom is 0.191 e. The maximum absolute atomic E-state index is 4.55. The van der Waals surface area contributed by atoms with E-state index in [1.807, 2.05) is 0 Å². The van der Waals surface area contributed by atoms with Crippen LogP contribution < -0.4 is 10.6 Å². The minimum absolute atomic E-state index is 0.491. The fourth-order valence-corrected chi connectivity index (χ4v) is 3.52. The van der Waals surface area contributed by atoms with Gasteiger partial charge in [0.15, 0.2) is 5.96 Å². The quantitative estimate of drug-likeness (QED) is 0.550. The predicted molar refractivity (Wildman–Crippen MR) is 112 cm³/mol. The van der Waals surface area contributed by atoms with E-state index in [1.54, 1.807) is 18.4 Å². The first kappa shape index (κ1) is 20.4. The number of aromatic nitrogens is 1. The van der Waals surface area contributed by atoms with E-state index in [0.29, 0.717) is 12.6 Å². The summed E-state index contributed by atoms with van der Waals surface area (Å²) in [6.07, 6.45) is 1.06. The van der Waals surface area contributed by atoms with Crippen LogP contribution in [0, 0.1) is 13.8 Å². The first-order valence-electron chi connectivity index (χ1n) is 9.11. The molecule has 26 heavy (non-hydrogen) atoms. The molecule has 0 spiro atoms. The summed E-state index contributed by atoms with van der Waals surface area (Å²) in [5, 5.41) is 7.84. The van der Waals surface area contributed by atoms with Gasteiger partial charge in [-0.05, 0) is 39.8 Å². The zero-order valence-electron chi connectivity index (χ0n) is 16.5. The number of hydrogen-bond acceptors (Lipinski definition) is 4. The molecule has 1 atom stereocenters. The Hall–Kier alpha value is -1.92. The van der Waals surface area contributed by atoms with Crippen LogP contribution >= 0.6 is 11.3 Å². The topological polar surface area (TPSA) is 52.6 Å². The number of hydrogen-bond donors (Lipinski definition) is 2. The number of aryl methyl sites for hydroxylation is 2. The van der Waals surface area contributed by atoms with Gasteiger partial charge >= 0.3 is 0 Å². The SMILES string of the molecule is CN=C(NCCC(C)N(C)Cc1ccccc1)NCc1nc(C)c(C)s1. The first-order chi connectivity index (χ1) is 12.5. The van der Waals surface area contributed by atoms with Gasteiger partial charge in [-0.1, -0.05) is 30.3 Å². The van der Waals surface area contributed by atoms with Crippen LogP contribution in [0.1, 0.15) is 34.5 Å². The fourth-order valence-electron chi connectivity index (χ4n) is 2.64. The Kier molecular flexibility index (Phi) is 8.06. The summed E-state index contributed by atoms with van der Waals surface area (Å²) in [5.41, 5.74) is 2.46. The van der Waals surface area contributed by atoms with Crippen molar-refractivity contribution in [2.75, 3.05) is 20.6 Å². The molecule has 2 aromatic rings. The van der Waals surface area contributed by atoms with Crippen molar-refractivity contribution < 1.29 is 0 Å². The Labute approximate surface area is 161 Å². The lowest BCUT2D eigenvalue weighted by molar-refractivity contribution is 0.238. The summed E-state index contributed by atoms with van der Waals surface area (Å²) in [6.45, 7) is 8.99. The standard InChI is InChI=1S/C20H31N5S/c1-15(25(5)14-18-9-7-6-8-10-18)11-12-22-20(21-4)23-13-19-24-16(2)17(3)26-19/h6-10,15H,11-14H2,1-5H3,(H2,21,22,23). The van der Waals surface area contributed by atoms with E-state index in [-0.39, 0.29) is 0 Å². The van der Waals surface area contributed by atoms with Crippen LogP contribution in [0.4, 0.5) is 0 Å². The molecule has 1 aromatic carbocycles. The van der Waals surface area contributed by atoms with Crippen LogP contribution in [0.2, 0.25) is 0 Å². The van der Waals surface area contributed by atoms with E-state index in [0.717, 1.165) is 36.2 Å². The maximum atomic E-state index is 4.55. The Morgan fingerprint density at radius 3 is 2.58 bits per heavy atom. The van der Waals surface area contributed by atoms with Crippen LogP contribution in [0.15, 0.2) is 35.3 Å². The third kappa shape index (κ3) is 6.42. The van der Waals surface area contributed by atoms with Crippen molar-refractivity contribution in [3.63, 3.8) is 0 Å². The van der Waals surface area contributed by atoms with Gasteiger partial charge in [-0.25, -0.2) is 4.98 Å². The molecule has 2 N–H and O–H groups in total. The highest BCUT2D eigenvalue weighted by atomic mass is 32.1. The Morgan fingerprint density at radius 2 is 1.96 bits per heavy atom. The highest BCUT2D eigenvalue weighted by molar-refractivity contribution is 7.11. The molecule has 6 heteroatoms. The van der Waals surface area contributed by atoms with E-state index in [2.05, 4.69) is 83.7 Å². The molecular weight excluding hydrogens is 342 g/mol. The molecule has 0 bridgehead atoms. The lowest BCUT2D eigenvalue weighted by atomic mass is 10.1. The zero-order valence-corrected chi connectivity index (χ0v) is 17.4. The van der Waals surface area contributed by atoms with Gasteiger partial charge in [0.25, 0.3) is 0 Å². The van der Waals surface area contributed by atoms with Gasteiger partial charge in [0.2, 0.25) is 0 Å². The lowest BCUT2D eigenvalue weighted by Gasteiger charge is -2.25. The minimum Gasteiger partial charge on any atom is -0.356 e. The Balaban J connectivity index is 1.70.